The first-order valence-electron chi connectivity index (χ1n) is 4.29. The lowest BCUT2D eigenvalue weighted by Gasteiger charge is -2.22. The van der Waals surface area contributed by atoms with Gasteiger partial charge in [-0.2, -0.15) is 0 Å². The summed E-state index contributed by atoms with van der Waals surface area (Å²) in [5.74, 6) is 0.143. The van der Waals surface area contributed by atoms with E-state index >= 15 is 0 Å². The van der Waals surface area contributed by atoms with Crippen LogP contribution in [-0.4, -0.2) is 14.2 Å². The zero-order valence-electron chi connectivity index (χ0n) is 7.40. The van der Waals surface area contributed by atoms with Gasteiger partial charge in [0.15, 0.2) is 9.84 Å². The summed E-state index contributed by atoms with van der Waals surface area (Å²) in [7, 11) is -3.13. The molecule has 0 saturated heterocycles. The SMILES string of the molecule is NC1CCS(=O)(=O)c2c(Br)cccc21. The Morgan fingerprint density at radius 1 is 1.43 bits per heavy atom. The van der Waals surface area contributed by atoms with Crippen molar-refractivity contribution in [3.63, 3.8) is 0 Å². The fourth-order valence-corrected chi connectivity index (χ4v) is 4.52. The van der Waals surface area contributed by atoms with Crippen LogP contribution in [0.4, 0.5) is 0 Å². The van der Waals surface area contributed by atoms with Crippen molar-refractivity contribution in [2.75, 3.05) is 5.75 Å². The van der Waals surface area contributed by atoms with Gasteiger partial charge in [0.05, 0.1) is 10.6 Å². The van der Waals surface area contributed by atoms with Crippen molar-refractivity contribution in [3.05, 3.63) is 28.2 Å². The van der Waals surface area contributed by atoms with E-state index in [1.807, 2.05) is 6.07 Å². The maximum absolute atomic E-state index is 11.8. The fourth-order valence-electron chi connectivity index (χ4n) is 1.69. The minimum atomic E-state index is -3.13. The molecule has 0 aliphatic carbocycles. The number of hydrogen-bond donors (Lipinski definition) is 1. The summed E-state index contributed by atoms with van der Waals surface area (Å²) in [6.45, 7) is 0. The number of halogens is 1. The van der Waals surface area contributed by atoms with Gasteiger partial charge in [0, 0.05) is 10.5 Å². The maximum atomic E-state index is 11.8. The number of nitrogens with two attached hydrogens (primary N) is 1. The first-order valence-corrected chi connectivity index (χ1v) is 6.73. The van der Waals surface area contributed by atoms with Crippen LogP contribution in [0.15, 0.2) is 27.6 Å². The van der Waals surface area contributed by atoms with E-state index in [2.05, 4.69) is 15.9 Å². The maximum Gasteiger partial charge on any atom is 0.179 e. The lowest BCUT2D eigenvalue weighted by molar-refractivity contribution is 0.568. The highest BCUT2D eigenvalue weighted by Gasteiger charge is 2.29. The third kappa shape index (κ3) is 1.49. The Kier molecular flexibility index (Phi) is 2.41. The smallest absolute Gasteiger partial charge is 0.179 e. The van der Waals surface area contributed by atoms with Crippen LogP contribution >= 0.6 is 15.9 Å². The van der Waals surface area contributed by atoms with Crippen LogP contribution < -0.4 is 5.73 Å². The van der Waals surface area contributed by atoms with Gasteiger partial charge in [0.25, 0.3) is 0 Å². The third-order valence-electron chi connectivity index (χ3n) is 2.41. The minimum Gasteiger partial charge on any atom is -0.324 e. The van der Waals surface area contributed by atoms with Crippen LogP contribution in [0.3, 0.4) is 0 Å². The van der Waals surface area contributed by atoms with Gasteiger partial charge >= 0.3 is 0 Å². The molecule has 2 rings (SSSR count). The standard InChI is InChI=1S/C9H10BrNO2S/c10-7-3-1-2-6-8(11)4-5-14(12,13)9(6)7/h1-3,8H,4-5,11H2. The summed E-state index contributed by atoms with van der Waals surface area (Å²) in [6, 6.07) is 5.16. The zero-order valence-corrected chi connectivity index (χ0v) is 9.81. The molecule has 1 heterocycles. The van der Waals surface area contributed by atoms with Gasteiger partial charge in [0.2, 0.25) is 0 Å². The van der Waals surface area contributed by atoms with E-state index in [1.54, 1.807) is 12.1 Å². The van der Waals surface area contributed by atoms with E-state index in [9.17, 15) is 8.42 Å². The number of fused-ring (bicyclic) bond motifs is 1. The van der Waals surface area contributed by atoms with Crippen LogP contribution in [0.1, 0.15) is 18.0 Å². The first kappa shape index (κ1) is 10.1. The van der Waals surface area contributed by atoms with Gasteiger partial charge in [-0.25, -0.2) is 8.42 Å². The molecule has 5 heteroatoms. The Hall–Kier alpha value is -0.390. The van der Waals surface area contributed by atoms with E-state index in [-0.39, 0.29) is 11.8 Å². The molecule has 1 unspecified atom stereocenters. The summed E-state index contributed by atoms with van der Waals surface area (Å²) >= 11 is 3.25. The van der Waals surface area contributed by atoms with Crippen molar-refractivity contribution in [2.24, 2.45) is 5.73 Å². The third-order valence-corrected chi connectivity index (χ3v) is 5.18. The van der Waals surface area contributed by atoms with Gasteiger partial charge in [0.1, 0.15) is 0 Å². The van der Waals surface area contributed by atoms with E-state index in [0.29, 0.717) is 15.8 Å². The summed E-state index contributed by atoms with van der Waals surface area (Å²) < 4.78 is 24.1. The Bertz CT molecular complexity index is 470. The molecule has 0 bridgehead atoms. The molecular formula is C9H10BrNO2S. The van der Waals surface area contributed by atoms with E-state index in [4.69, 9.17) is 5.73 Å². The van der Waals surface area contributed by atoms with Gasteiger partial charge < -0.3 is 5.73 Å². The van der Waals surface area contributed by atoms with Gasteiger partial charge in [-0.1, -0.05) is 12.1 Å². The molecule has 1 aromatic rings. The van der Waals surface area contributed by atoms with Crippen LogP contribution in [-0.2, 0) is 9.84 Å². The van der Waals surface area contributed by atoms with Crippen LogP contribution in [0.2, 0.25) is 0 Å². The molecule has 0 saturated carbocycles. The summed E-state index contributed by atoms with van der Waals surface area (Å²) in [6.07, 6.45) is 0.506. The normalized spacial score (nSPS) is 24.3. The Labute approximate surface area is 91.4 Å². The highest BCUT2D eigenvalue weighted by Crippen LogP contribution is 2.35. The predicted octanol–water partition coefficient (Wildman–Crippen LogP) is 1.63. The minimum absolute atomic E-state index is 0.143. The highest BCUT2D eigenvalue weighted by atomic mass is 79.9. The Balaban J connectivity index is 2.77. The molecule has 1 atom stereocenters. The van der Waals surface area contributed by atoms with Crippen LogP contribution in [0.25, 0.3) is 0 Å². The predicted molar refractivity (Wildman–Crippen MR) is 57.7 cm³/mol. The van der Waals surface area contributed by atoms with Crippen molar-refractivity contribution in [3.8, 4) is 0 Å². The summed E-state index contributed by atoms with van der Waals surface area (Å²) in [5.41, 5.74) is 6.58. The molecule has 1 aliphatic heterocycles. The van der Waals surface area contributed by atoms with Gasteiger partial charge in [-0.05, 0) is 34.0 Å². The van der Waals surface area contributed by atoms with Gasteiger partial charge in [-0.15, -0.1) is 0 Å². The summed E-state index contributed by atoms with van der Waals surface area (Å²) in [5, 5.41) is 0. The van der Waals surface area contributed by atoms with Crippen molar-refractivity contribution in [1.82, 2.24) is 0 Å². The average molecular weight is 276 g/mol. The molecule has 2 N–H and O–H groups in total. The molecule has 0 amide bonds. The van der Waals surface area contributed by atoms with Crippen molar-refractivity contribution in [1.29, 1.82) is 0 Å². The van der Waals surface area contributed by atoms with Crippen molar-refractivity contribution < 1.29 is 8.42 Å². The fraction of sp³-hybridized carbons (Fsp3) is 0.333. The molecule has 14 heavy (non-hydrogen) atoms. The molecule has 1 aliphatic rings. The number of sulfone groups is 1. The van der Waals surface area contributed by atoms with E-state index < -0.39 is 9.84 Å². The van der Waals surface area contributed by atoms with Crippen LogP contribution in [0, 0.1) is 0 Å². The van der Waals surface area contributed by atoms with Gasteiger partial charge in [-0.3, -0.25) is 0 Å². The Morgan fingerprint density at radius 3 is 2.79 bits per heavy atom. The lowest BCUT2D eigenvalue weighted by Crippen LogP contribution is -2.25. The average Bonchev–Trinajstić information content (AvgIpc) is 2.12. The highest BCUT2D eigenvalue weighted by molar-refractivity contribution is 9.10. The van der Waals surface area contributed by atoms with Crippen LogP contribution in [0.5, 0.6) is 0 Å². The molecule has 1 aromatic carbocycles. The molecule has 0 radical (unpaired) electrons. The van der Waals surface area contributed by atoms with E-state index in [0.717, 1.165) is 5.56 Å². The number of rotatable bonds is 0. The first-order chi connectivity index (χ1) is 6.52. The largest absolute Gasteiger partial charge is 0.324 e. The monoisotopic (exact) mass is 275 g/mol. The number of hydrogen-bond acceptors (Lipinski definition) is 3. The molecular weight excluding hydrogens is 266 g/mol. The topological polar surface area (TPSA) is 60.2 Å². The second kappa shape index (κ2) is 3.32. The molecule has 3 nitrogen and oxygen atoms in total. The zero-order chi connectivity index (χ0) is 10.3. The molecule has 0 spiro atoms. The van der Waals surface area contributed by atoms with E-state index in [1.165, 1.54) is 0 Å². The second-order valence-electron chi connectivity index (χ2n) is 3.37. The Morgan fingerprint density at radius 2 is 2.14 bits per heavy atom. The summed E-state index contributed by atoms with van der Waals surface area (Å²) in [4.78, 5) is 0.374. The molecule has 0 aromatic heterocycles. The molecule has 76 valence electrons. The number of benzene rings is 1. The van der Waals surface area contributed by atoms with Crippen molar-refractivity contribution in [2.45, 2.75) is 17.4 Å². The second-order valence-corrected chi connectivity index (χ2v) is 6.27. The quantitative estimate of drug-likeness (QED) is 0.783. The lowest BCUT2D eigenvalue weighted by atomic mass is 10.1. The molecule has 0 fully saturated rings. The van der Waals surface area contributed by atoms with Crippen molar-refractivity contribution >= 4 is 25.8 Å².